The predicted octanol–water partition coefficient (Wildman–Crippen LogP) is 1.64. The SMILES string of the molecule is Cc1ccc(S(=O)(=O)N(CCC#N)C2CC2)c(N)c1. The van der Waals surface area contributed by atoms with E-state index in [0.29, 0.717) is 0 Å². The zero-order valence-electron chi connectivity index (χ0n) is 10.8. The minimum absolute atomic E-state index is 0.0269. The topological polar surface area (TPSA) is 87.2 Å². The van der Waals surface area contributed by atoms with Gasteiger partial charge < -0.3 is 5.73 Å². The lowest BCUT2D eigenvalue weighted by atomic mass is 10.2. The Hall–Kier alpha value is -1.58. The first-order valence-electron chi connectivity index (χ1n) is 6.21. The maximum atomic E-state index is 12.6. The molecule has 0 spiro atoms. The Labute approximate surface area is 113 Å². The van der Waals surface area contributed by atoms with Crippen LogP contribution >= 0.6 is 0 Å². The lowest BCUT2D eigenvalue weighted by Crippen LogP contribution is -2.34. The molecule has 2 N–H and O–H groups in total. The predicted molar refractivity (Wildman–Crippen MR) is 72.7 cm³/mol. The van der Waals surface area contributed by atoms with Crippen molar-refractivity contribution < 1.29 is 8.42 Å². The summed E-state index contributed by atoms with van der Waals surface area (Å²) in [5.74, 6) is 0. The second-order valence-electron chi connectivity index (χ2n) is 4.80. The van der Waals surface area contributed by atoms with Gasteiger partial charge in [0.15, 0.2) is 0 Å². The first-order chi connectivity index (χ1) is 8.96. The summed E-state index contributed by atoms with van der Waals surface area (Å²) in [6.45, 7) is 2.10. The Balaban J connectivity index is 2.36. The van der Waals surface area contributed by atoms with Gasteiger partial charge in [0, 0.05) is 19.0 Å². The van der Waals surface area contributed by atoms with Gasteiger partial charge in [0.2, 0.25) is 10.0 Å². The van der Waals surface area contributed by atoms with E-state index in [9.17, 15) is 8.42 Å². The van der Waals surface area contributed by atoms with E-state index in [4.69, 9.17) is 11.0 Å². The number of nitrogens with zero attached hydrogens (tertiary/aromatic N) is 2. The molecule has 0 unspecified atom stereocenters. The average Bonchev–Trinajstić information content (AvgIpc) is 3.13. The van der Waals surface area contributed by atoms with Crippen LogP contribution in [0.3, 0.4) is 0 Å². The molecular weight excluding hydrogens is 262 g/mol. The summed E-state index contributed by atoms with van der Waals surface area (Å²) in [5.41, 5.74) is 7.01. The standard InChI is InChI=1S/C13H17N3O2S/c1-10-3-6-13(12(15)9-10)19(17,18)16(8-2-7-14)11-4-5-11/h3,6,9,11H,2,4-5,8,15H2,1H3. The van der Waals surface area contributed by atoms with Crippen LogP contribution in [0.15, 0.2) is 23.1 Å². The van der Waals surface area contributed by atoms with Crippen molar-refractivity contribution in [3.8, 4) is 6.07 Å². The van der Waals surface area contributed by atoms with Gasteiger partial charge in [-0.1, -0.05) is 6.07 Å². The zero-order chi connectivity index (χ0) is 14.0. The molecule has 1 aromatic rings. The monoisotopic (exact) mass is 279 g/mol. The normalized spacial score (nSPS) is 15.4. The molecule has 0 amide bonds. The first-order valence-corrected chi connectivity index (χ1v) is 7.65. The van der Waals surface area contributed by atoms with E-state index in [1.807, 2.05) is 13.0 Å². The fourth-order valence-corrected chi connectivity index (χ4v) is 3.84. The van der Waals surface area contributed by atoms with Crippen molar-refractivity contribution in [2.45, 2.75) is 37.1 Å². The highest BCUT2D eigenvalue weighted by Crippen LogP contribution is 2.33. The lowest BCUT2D eigenvalue weighted by molar-refractivity contribution is 0.411. The first kappa shape index (κ1) is 13.8. The molecule has 1 fully saturated rings. The molecule has 2 rings (SSSR count). The number of sulfonamides is 1. The van der Waals surface area contributed by atoms with E-state index in [0.717, 1.165) is 18.4 Å². The van der Waals surface area contributed by atoms with Gasteiger partial charge in [-0.3, -0.25) is 0 Å². The van der Waals surface area contributed by atoms with Gasteiger partial charge in [0.05, 0.1) is 11.8 Å². The molecule has 0 bridgehead atoms. The molecule has 0 radical (unpaired) electrons. The van der Waals surface area contributed by atoms with Gasteiger partial charge >= 0.3 is 0 Å². The van der Waals surface area contributed by atoms with Crippen LogP contribution < -0.4 is 5.73 Å². The third-order valence-corrected chi connectivity index (χ3v) is 5.18. The summed E-state index contributed by atoms with van der Waals surface area (Å²) >= 11 is 0. The van der Waals surface area contributed by atoms with Crippen molar-refractivity contribution in [2.75, 3.05) is 12.3 Å². The molecule has 6 heteroatoms. The zero-order valence-corrected chi connectivity index (χ0v) is 11.7. The van der Waals surface area contributed by atoms with Crippen molar-refractivity contribution in [2.24, 2.45) is 0 Å². The Morgan fingerprint density at radius 1 is 1.47 bits per heavy atom. The number of hydrogen-bond donors (Lipinski definition) is 1. The number of hydrogen-bond acceptors (Lipinski definition) is 4. The number of nitrogens with two attached hydrogens (primary N) is 1. The third-order valence-electron chi connectivity index (χ3n) is 3.15. The molecule has 19 heavy (non-hydrogen) atoms. The molecule has 1 aliphatic carbocycles. The van der Waals surface area contributed by atoms with Crippen LogP contribution in [0, 0.1) is 18.3 Å². The van der Waals surface area contributed by atoms with Crippen LogP contribution in [-0.2, 0) is 10.0 Å². The van der Waals surface area contributed by atoms with E-state index < -0.39 is 10.0 Å². The Bertz CT molecular complexity index is 615. The molecule has 0 heterocycles. The fraction of sp³-hybridized carbons (Fsp3) is 0.462. The highest BCUT2D eigenvalue weighted by atomic mass is 32.2. The molecule has 0 atom stereocenters. The molecule has 1 aromatic carbocycles. The highest BCUT2D eigenvalue weighted by molar-refractivity contribution is 7.89. The van der Waals surface area contributed by atoms with Crippen LogP contribution in [0.1, 0.15) is 24.8 Å². The van der Waals surface area contributed by atoms with Crippen LogP contribution in [0.4, 0.5) is 5.69 Å². The molecule has 0 aliphatic heterocycles. The molecule has 0 saturated heterocycles. The molecule has 1 aliphatic rings. The summed E-state index contributed by atoms with van der Waals surface area (Å²) in [6, 6.07) is 6.95. The number of aryl methyl sites for hydroxylation is 1. The number of benzene rings is 1. The fourth-order valence-electron chi connectivity index (χ4n) is 2.05. The number of nitriles is 1. The minimum Gasteiger partial charge on any atom is -0.398 e. The number of anilines is 1. The molecule has 102 valence electrons. The van der Waals surface area contributed by atoms with Crippen molar-refractivity contribution >= 4 is 15.7 Å². The molecule has 5 nitrogen and oxygen atoms in total. The van der Waals surface area contributed by atoms with E-state index in [1.165, 1.54) is 4.31 Å². The largest absolute Gasteiger partial charge is 0.398 e. The summed E-state index contributed by atoms with van der Waals surface area (Å²) in [7, 11) is -3.60. The van der Waals surface area contributed by atoms with Gasteiger partial charge in [-0.2, -0.15) is 9.57 Å². The van der Waals surface area contributed by atoms with Crippen molar-refractivity contribution in [1.82, 2.24) is 4.31 Å². The van der Waals surface area contributed by atoms with Crippen LogP contribution in [0.5, 0.6) is 0 Å². The van der Waals surface area contributed by atoms with Gasteiger partial charge in [-0.15, -0.1) is 0 Å². The average molecular weight is 279 g/mol. The second-order valence-corrected chi connectivity index (χ2v) is 6.66. The van der Waals surface area contributed by atoms with Crippen LogP contribution in [0.25, 0.3) is 0 Å². The van der Waals surface area contributed by atoms with E-state index in [1.54, 1.807) is 18.2 Å². The van der Waals surface area contributed by atoms with Crippen LogP contribution in [0.2, 0.25) is 0 Å². The number of nitrogen functional groups attached to an aromatic ring is 1. The summed E-state index contributed by atoms with van der Waals surface area (Å²) in [6.07, 6.45) is 1.91. The summed E-state index contributed by atoms with van der Waals surface area (Å²) < 4.78 is 26.6. The highest BCUT2D eigenvalue weighted by Gasteiger charge is 2.38. The van der Waals surface area contributed by atoms with E-state index in [-0.39, 0.29) is 29.6 Å². The van der Waals surface area contributed by atoms with Gasteiger partial charge in [0.1, 0.15) is 4.90 Å². The van der Waals surface area contributed by atoms with Gasteiger partial charge in [-0.05, 0) is 37.5 Å². The Morgan fingerprint density at radius 3 is 2.68 bits per heavy atom. The quantitative estimate of drug-likeness (QED) is 0.830. The number of rotatable bonds is 5. The lowest BCUT2D eigenvalue weighted by Gasteiger charge is -2.21. The van der Waals surface area contributed by atoms with Crippen LogP contribution in [-0.4, -0.2) is 25.3 Å². The van der Waals surface area contributed by atoms with Gasteiger partial charge in [0.25, 0.3) is 0 Å². The van der Waals surface area contributed by atoms with Crippen molar-refractivity contribution in [1.29, 1.82) is 5.26 Å². The maximum absolute atomic E-state index is 12.6. The van der Waals surface area contributed by atoms with Crippen molar-refractivity contribution in [3.63, 3.8) is 0 Å². The van der Waals surface area contributed by atoms with Gasteiger partial charge in [-0.25, -0.2) is 8.42 Å². The van der Waals surface area contributed by atoms with Crippen molar-refractivity contribution in [3.05, 3.63) is 23.8 Å². The smallest absolute Gasteiger partial charge is 0.245 e. The Morgan fingerprint density at radius 2 is 2.16 bits per heavy atom. The van der Waals surface area contributed by atoms with E-state index in [2.05, 4.69) is 0 Å². The third kappa shape index (κ3) is 2.88. The summed E-state index contributed by atoms with van der Waals surface area (Å²) in [5, 5.41) is 8.65. The summed E-state index contributed by atoms with van der Waals surface area (Å²) in [4.78, 5) is 0.142. The second kappa shape index (κ2) is 5.19. The minimum atomic E-state index is -3.60. The van der Waals surface area contributed by atoms with E-state index >= 15 is 0 Å². The molecule has 1 saturated carbocycles. The Kier molecular flexibility index (Phi) is 3.78. The molecular formula is C13H17N3O2S. The maximum Gasteiger partial charge on any atom is 0.245 e. The molecule has 0 aromatic heterocycles.